The summed E-state index contributed by atoms with van der Waals surface area (Å²) in [6, 6.07) is 3.54. The van der Waals surface area contributed by atoms with E-state index in [1.807, 2.05) is 6.92 Å². The molecule has 0 saturated heterocycles. The number of carbonyl (C=O) groups excluding carboxylic acids is 1. The summed E-state index contributed by atoms with van der Waals surface area (Å²) < 4.78 is 0. The molecule has 0 spiro atoms. The van der Waals surface area contributed by atoms with Crippen molar-refractivity contribution >= 4 is 23.0 Å². The van der Waals surface area contributed by atoms with E-state index >= 15 is 0 Å². The summed E-state index contributed by atoms with van der Waals surface area (Å²) in [4.78, 5) is 22.3. The van der Waals surface area contributed by atoms with Crippen molar-refractivity contribution in [3.05, 3.63) is 35.3 Å². The van der Waals surface area contributed by atoms with E-state index in [1.165, 1.54) is 0 Å². The molecule has 4 rings (SSSR count). The number of pyridine rings is 1. The largest absolute Gasteiger partial charge is 0.393 e. The monoisotopic (exact) mass is 339 g/mol. The van der Waals surface area contributed by atoms with Gasteiger partial charge in [0, 0.05) is 6.20 Å². The van der Waals surface area contributed by atoms with E-state index in [4.69, 9.17) is 5.73 Å². The van der Waals surface area contributed by atoms with Crippen LogP contribution >= 0.6 is 0 Å². The van der Waals surface area contributed by atoms with E-state index in [0.717, 1.165) is 24.1 Å². The van der Waals surface area contributed by atoms with Gasteiger partial charge in [0.25, 0.3) is 0 Å². The molecule has 0 radical (unpaired) electrons. The van der Waals surface area contributed by atoms with Crippen LogP contribution in [-0.4, -0.2) is 37.9 Å². The average Bonchev–Trinajstić information content (AvgIpc) is 3.10. The zero-order valence-corrected chi connectivity index (χ0v) is 14.1. The highest BCUT2D eigenvalue weighted by atomic mass is 16.3. The molecule has 2 aromatic rings. The smallest absolute Gasteiger partial charge is 0.192 e. The molecule has 2 aliphatic rings. The number of H-pyrrole nitrogens is 1. The Labute approximate surface area is 145 Å². The summed E-state index contributed by atoms with van der Waals surface area (Å²) in [7, 11) is 0. The number of aromatic nitrogens is 3. The highest BCUT2D eigenvalue weighted by molar-refractivity contribution is 6.48. The van der Waals surface area contributed by atoms with Crippen LogP contribution in [0.4, 0.5) is 11.5 Å². The normalized spacial score (nSPS) is 26.2. The molecule has 7 nitrogen and oxygen atoms in total. The number of carbonyl (C=O) groups is 1. The van der Waals surface area contributed by atoms with Crippen molar-refractivity contribution in [1.82, 2.24) is 15.2 Å². The zero-order valence-electron chi connectivity index (χ0n) is 14.1. The molecule has 1 aliphatic heterocycles. The molecule has 1 unspecified atom stereocenters. The first-order chi connectivity index (χ1) is 12.0. The molecule has 3 heterocycles. The average molecular weight is 339 g/mol. The summed E-state index contributed by atoms with van der Waals surface area (Å²) in [5.74, 6) is 0.123. The van der Waals surface area contributed by atoms with Crippen molar-refractivity contribution in [3.63, 3.8) is 0 Å². The second-order valence-electron chi connectivity index (χ2n) is 6.94. The maximum absolute atomic E-state index is 13.3. The zero-order chi connectivity index (χ0) is 17.6. The summed E-state index contributed by atoms with van der Waals surface area (Å²) >= 11 is 0. The van der Waals surface area contributed by atoms with E-state index in [1.54, 1.807) is 18.3 Å². The molecule has 0 aromatic carbocycles. The van der Waals surface area contributed by atoms with Gasteiger partial charge < -0.3 is 10.8 Å². The van der Waals surface area contributed by atoms with E-state index in [0.29, 0.717) is 35.8 Å². The lowest BCUT2D eigenvalue weighted by Crippen LogP contribution is -2.35. The van der Waals surface area contributed by atoms with Gasteiger partial charge in [0.1, 0.15) is 11.5 Å². The van der Waals surface area contributed by atoms with Gasteiger partial charge >= 0.3 is 0 Å². The molecular formula is C18H21N5O2. The Balaban J connectivity index is 1.84. The number of aliphatic hydroxyl groups is 1. The Hall–Kier alpha value is -2.54. The highest BCUT2D eigenvalue weighted by Crippen LogP contribution is 2.44. The van der Waals surface area contributed by atoms with Crippen LogP contribution in [0.2, 0.25) is 0 Å². The van der Waals surface area contributed by atoms with Crippen LogP contribution in [0.15, 0.2) is 23.3 Å². The lowest BCUT2D eigenvalue weighted by molar-refractivity contribution is -0.116. The number of nitrogens with one attached hydrogen (secondary N) is 1. The molecule has 2 aromatic heterocycles. The fourth-order valence-corrected chi connectivity index (χ4v) is 3.97. The Morgan fingerprint density at radius 2 is 2.04 bits per heavy atom. The molecule has 4 N–H and O–H groups in total. The minimum absolute atomic E-state index is 0.0457. The topological polar surface area (TPSA) is 117 Å². The Morgan fingerprint density at radius 3 is 2.72 bits per heavy atom. The number of aromatic amines is 1. The van der Waals surface area contributed by atoms with Gasteiger partial charge in [-0.3, -0.25) is 9.89 Å². The van der Waals surface area contributed by atoms with Crippen LogP contribution in [0.3, 0.4) is 0 Å². The lowest BCUT2D eigenvalue weighted by atomic mass is 9.73. The number of aliphatic imine (C=N–C) groups is 1. The number of nitrogen functional groups attached to an aromatic ring is 1. The molecule has 130 valence electrons. The molecule has 1 atom stereocenters. The number of fused-ring (bicyclic) bond motifs is 1. The maximum Gasteiger partial charge on any atom is 0.192 e. The quantitative estimate of drug-likeness (QED) is 0.774. The van der Waals surface area contributed by atoms with Gasteiger partial charge in [0.15, 0.2) is 5.78 Å². The summed E-state index contributed by atoms with van der Waals surface area (Å²) in [5.41, 5.74) is 9.28. The first-order valence-electron chi connectivity index (χ1n) is 8.62. The molecule has 1 aliphatic carbocycles. The fraction of sp³-hybridized carbons (Fsp3) is 0.444. The van der Waals surface area contributed by atoms with E-state index < -0.39 is 0 Å². The number of aliphatic hydroxyl groups excluding tert-OH is 1. The van der Waals surface area contributed by atoms with Gasteiger partial charge in [0.05, 0.1) is 29.1 Å². The third-order valence-electron chi connectivity index (χ3n) is 5.23. The van der Waals surface area contributed by atoms with E-state index in [2.05, 4.69) is 20.2 Å². The number of hydrogen-bond donors (Lipinski definition) is 3. The van der Waals surface area contributed by atoms with Crippen LogP contribution < -0.4 is 5.73 Å². The maximum atomic E-state index is 13.3. The minimum atomic E-state index is -0.375. The number of Topliss-reactive ketones (excluding diaryl/α,β-unsaturated/α-hetero) is 1. The number of nitrogens with zero attached hydrogens (tertiary/aromatic N) is 3. The van der Waals surface area contributed by atoms with Crippen molar-refractivity contribution in [2.75, 3.05) is 5.73 Å². The summed E-state index contributed by atoms with van der Waals surface area (Å²) in [5, 5.41) is 16.6. The van der Waals surface area contributed by atoms with Crippen molar-refractivity contribution in [3.8, 4) is 0 Å². The minimum Gasteiger partial charge on any atom is -0.393 e. The molecule has 1 saturated carbocycles. The second-order valence-corrected chi connectivity index (χ2v) is 6.94. The van der Waals surface area contributed by atoms with Gasteiger partial charge in [-0.2, -0.15) is 5.10 Å². The van der Waals surface area contributed by atoms with Gasteiger partial charge in [-0.05, 0) is 56.2 Å². The van der Waals surface area contributed by atoms with Crippen LogP contribution in [-0.2, 0) is 4.79 Å². The molecular weight excluding hydrogens is 318 g/mol. The summed E-state index contributed by atoms with van der Waals surface area (Å²) in [6.45, 7) is 1.93. The van der Waals surface area contributed by atoms with Gasteiger partial charge in [-0.15, -0.1) is 0 Å². The first kappa shape index (κ1) is 16.0. The van der Waals surface area contributed by atoms with Gasteiger partial charge in [-0.25, -0.2) is 9.98 Å². The van der Waals surface area contributed by atoms with Crippen LogP contribution in [0.1, 0.15) is 48.6 Å². The number of rotatable bonds is 2. The number of hydrogen-bond acceptors (Lipinski definition) is 6. The molecule has 0 amide bonds. The molecule has 25 heavy (non-hydrogen) atoms. The molecule has 1 fully saturated rings. The van der Waals surface area contributed by atoms with Crippen molar-refractivity contribution in [2.45, 2.75) is 44.6 Å². The number of anilines is 1. The van der Waals surface area contributed by atoms with E-state index in [9.17, 15) is 9.90 Å². The van der Waals surface area contributed by atoms with Crippen LogP contribution in [0.5, 0.6) is 0 Å². The first-order valence-corrected chi connectivity index (χ1v) is 8.62. The standard InChI is InChI=1S/C18H21N5O2/c1-9-8-13(19)21-17-14(10-2-4-11(24)5-3-10)18(25)16(22-15(9)17)12-6-7-20-23-12/h6-8,10-11,14,24H,2-5H2,1H3,(H2,19,21)(H,20,23). The van der Waals surface area contributed by atoms with Gasteiger partial charge in [-0.1, -0.05) is 0 Å². The number of ketones is 1. The van der Waals surface area contributed by atoms with Crippen molar-refractivity contribution in [2.24, 2.45) is 10.9 Å². The van der Waals surface area contributed by atoms with Crippen molar-refractivity contribution in [1.29, 1.82) is 0 Å². The lowest BCUT2D eigenvalue weighted by Gasteiger charge is -2.33. The fourth-order valence-electron chi connectivity index (χ4n) is 3.97. The Bertz CT molecular complexity index is 835. The third kappa shape index (κ3) is 2.74. The molecule has 0 bridgehead atoms. The van der Waals surface area contributed by atoms with Crippen LogP contribution in [0.25, 0.3) is 0 Å². The van der Waals surface area contributed by atoms with E-state index in [-0.39, 0.29) is 23.7 Å². The number of aryl methyl sites for hydroxylation is 1. The second kappa shape index (κ2) is 6.07. The Kier molecular flexibility index (Phi) is 3.88. The van der Waals surface area contributed by atoms with Crippen molar-refractivity contribution < 1.29 is 9.90 Å². The predicted octanol–water partition coefficient (Wildman–Crippen LogP) is 2.03. The SMILES string of the molecule is Cc1cc(N)nc2c1N=C(c1ccn[nH]1)C(=O)C2C1CCC(O)CC1. The third-order valence-corrected chi connectivity index (χ3v) is 5.23. The predicted molar refractivity (Wildman–Crippen MR) is 93.9 cm³/mol. The Morgan fingerprint density at radius 1 is 1.28 bits per heavy atom. The highest BCUT2D eigenvalue weighted by Gasteiger charge is 2.41. The van der Waals surface area contributed by atoms with Crippen LogP contribution in [0, 0.1) is 12.8 Å². The summed E-state index contributed by atoms with van der Waals surface area (Å²) in [6.07, 6.45) is 4.35. The van der Waals surface area contributed by atoms with Gasteiger partial charge in [0.2, 0.25) is 0 Å². The molecule has 7 heteroatoms. The number of nitrogens with two attached hydrogens (primary N) is 1.